The number of urea groups is 1. The average Bonchev–Trinajstić information content (AvgIpc) is 3.83. The van der Waals surface area contributed by atoms with Gasteiger partial charge in [-0.3, -0.25) is 18.8 Å². The maximum absolute atomic E-state index is 14.0. The van der Waals surface area contributed by atoms with Crippen LogP contribution in [0.1, 0.15) is 54.1 Å². The second kappa shape index (κ2) is 15.4. The van der Waals surface area contributed by atoms with Gasteiger partial charge in [0.2, 0.25) is 5.88 Å². The maximum atomic E-state index is 14.0. The molecule has 0 saturated carbocycles. The van der Waals surface area contributed by atoms with Gasteiger partial charge in [-0.2, -0.15) is 0 Å². The van der Waals surface area contributed by atoms with E-state index in [4.69, 9.17) is 26.1 Å². The second-order valence-electron chi connectivity index (χ2n) is 15.4. The summed E-state index contributed by atoms with van der Waals surface area (Å²) in [7, 11) is 6.03. The van der Waals surface area contributed by atoms with E-state index in [9.17, 15) is 23.2 Å². The van der Waals surface area contributed by atoms with Crippen LogP contribution in [0.15, 0.2) is 58.1 Å². The number of pyridine rings is 2. The highest BCUT2D eigenvalue weighted by atomic mass is 35.5. The number of nitrogens with one attached hydrogen (secondary N) is 2. The minimum absolute atomic E-state index is 0.00718. The lowest BCUT2D eigenvalue weighted by atomic mass is 9.92. The highest BCUT2D eigenvalue weighted by molar-refractivity contribution is 6.36. The molecule has 2 aliphatic heterocycles. The summed E-state index contributed by atoms with van der Waals surface area (Å²) in [6, 6.07) is 14.4. The number of likely N-dealkylation sites (tertiary alicyclic amines) is 1. The zero-order valence-corrected chi connectivity index (χ0v) is 33.8. The molecule has 2 fully saturated rings. The van der Waals surface area contributed by atoms with Crippen molar-refractivity contribution in [3.05, 3.63) is 96.8 Å². The Hall–Kier alpha value is -5.38. The molecule has 0 radical (unpaired) electrons. The van der Waals surface area contributed by atoms with Gasteiger partial charge in [0.05, 0.1) is 35.5 Å². The van der Waals surface area contributed by atoms with Crippen molar-refractivity contribution in [3.8, 4) is 28.3 Å². The van der Waals surface area contributed by atoms with Gasteiger partial charge in [-0.05, 0) is 67.5 Å². The van der Waals surface area contributed by atoms with Gasteiger partial charge in [-0.15, -0.1) is 0 Å². The van der Waals surface area contributed by atoms with Gasteiger partial charge in [-0.1, -0.05) is 41.9 Å². The van der Waals surface area contributed by atoms with E-state index in [0.29, 0.717) is 47.5 Å². The first kappa shape index (κ1) is 39.4. The number of hydrogen-bond donors (Lipinski definition) is 2. The van der Waals surface area contributed by atoms with Crippen molar-refractivity contribution in [3.63, 3.8) is 0 Å². The van der Waals surface area contributed by atoms with Gasteiger partial charge in [0.1, 0.15) is 16.9 Å². The molecule has 3 aliphatic rings. The lowest BCUT2D eigenvalue weighted by Gasteiger charge is -2.40. The van der Waals surface area contributed by atoms with Gasteiger partial charge in [0.15, 0.2) is 0 Å². The Bertz CT molecular complexity index is 2580. The van der Waals surface area contributed by atoms with Gasteiger partial charge >= 0.3 is 11.7 Å². The Kier molecular flexibility index (Phi) is 10.5. The minimum Gasteiger partial charge on any atom is -0.481 e. The smallest absolute Gasteiger partial charge is 0.330 e. The van der Waals surface area contributed by atoms with Gasteiger partial charge < -0.3 is 25.0 Å². The molecule has 2 atom stereocenters. The molecule has 0 unspecified atom stereocenters. The second-order valence-corrected chi connectivity index (χ2v) is 15.7. The molecule has 5 heterocycles. The van der Waals surface area contributed by atoms with E-state index < -0.39 is 23.4 Å². The van der Waals surface area contributed by atoms with Crippen molar-refractivity contribution in [1.82, 2.24) is 34.2 Å². The van der Waals surface area contributed by atoms with Gasteiger partial charge in [0.25, 0.3) is 12.0 Å². The Morgan fingerprint density at radius 3 is 2.48 bits per heavy atom. The number of aryl methyl sites for hydroxylation is 2. The SMILES string of the molecule is COCCN1CC[C@]2(CCN([C@@H]3CCc4cc(-c5cccc(-c6cccc(Nc7nc(C(F)F)cc8c7c(=O)n(C)c(=O)n8C)c6C)c5Cl)nc(OC)c43)C2)NC1=O. The van der Waals surface area contributed by atoms with E-state index in [1.165, 1.54) is 14.1 Å². The molecule has 0 bridgehead atoms. The molecule has 8 rings (SSSR count). The molecule has 1 aliphatic carbocycles. The quantitative estimate of drug-likeness (QED) is 0.162. The first-order valence-corrected chi connectivity index (χ1v) is 19.6. The van der Waals surface area contributed by atoms with E-state index in [1.807, 2.05) is 36.1 Å². The fourth-order valence-corrected chi connectivity index (χ4v) is 9.21. The molecule has 2 amide bonds. The van der Waals surface area contributed by atoms with Gasteiger partial charge in [-0.25, -0.2) is 28.3 Å². The number of benzene rings is 2. The summed E-state index contributed by atoms with van der Waals surface area (Å²) in [4.78, 5) is 52.4. The van der Waals surface area contributed by atoms with Crippen molar-refractivity contribution in [2.45, 2.75) is 50.6 Å². The lowest BCUT2D eigenvalue weighted by molar-refractivity contribution is 0.114. The highest BCUT2D eigenvalue weighted by Gasteiger charge is 2.46. The van der Waals surface area contributed by atoms with Crippen LogP contribution in [0.25, 0.3) is 33.3 Å². The monoisotopic (exact) mass is 814 g/mol. The summed E-state index contributed by atoms with van der Waals surface area (Å²) in [6.07, 6.45) is 0.557. The number of carbonyl (C=O) groups excluding carboxylic acids is 1. The maximum Gasteiger partial charge on any atom is 0.330 e. The van der Waals surface area contributed by atoms with Crippen LogP contribution in [0.3, 0.4) is 0 Å². The molecule has 2 aromatic carbocycles. The predicted molar refractivity (Wildman–Crippen MR) is 218 cm³/mol. The molecule has 2 saturated heterocycles. The number of halogens is 3. The topological polar surface area (TPSA) is 136 Å². The average molecular weight is 815 g/mol. The van der Waals surface area contributed by atoms with Crippen LogP contribution in [0.5, 0.6) is 5.88 Å². The summed E-state index contributed by atoms with van der Waals surface area (Å²) >= 11 is 7.25. The molecule has 1 spiro atoms. The van der Waals surface area contributed by atoms with Crippen LogP contribution >= 0.6 is 11.6 Å². The zero-order valence-electron chi connectivity index (χ0n) is 33.0. The molecule has 5 aromatic rings. The van der Waals surface area contributed by atoms with Crippen molar-refractivity contribution in [2.75, 3.05) is 52.3 Å². The fraction of sp³-hybridized carbons (Fsp3) is 0.405. The number of fused-ring (bicyclic) bond motifs is 2. The van der Waals surface area contributed by atoms with Crippen molar-refractivity contribution in [2.24, 2.45) is 14.1 Å². The number of anilines is 2. The summed E-state index contributed by atoms with van der Waals surface area (Å²) in [5, 5.41) is 6.92. The third-order valence-electron chi connectivity index (χ3n) is 12.1. The largest absolute Gasteiger partial charge is 0.481 e. The highest BCUT2D eigenvalue weighted by Crippen LogP contribution is 2.47. The zero-order chi connectivity index (χ0) is 41.0. The van der Waals surface area contributed by atoms with Crippen molar-refractivity contribution >= 4 is 40.0 Å². The normalized spacial score (nSPS) is 19.4. The fourth-order valence-electron chi connectivity index (χ4n) is 8.89. The van der Waals surface area contributed by atoms with E-state index in [2.05, 4.69) is 26.6 Å². The summed E-state index contributed by atoms with van der Waals surface area (Å²) in [5.74, 6) is 0.460. The Balaban J connectivity index is 1.09. The number of nitrogens with zero attached hydrogens (tertiary/aromatic N) is 6. The number of hydrogen-bond acceptors (Lipinski definition) is 9. The first-order chi connectivity index (χ1) is 27.8. The van der Waals surface area contributed by atoms with E-state index in [-0.39, 0.29) is 34.3 Å². The summed E-state index contributed by atoms with van der Waals surface area (Å²) in [5.41, 5.74) is 4.23. The minimum atomic E-state index is -2.94. The standard InChI is InChI=1S/C42H45ClF2N8O5/c1-23-25(8-7-11-28(23)46-37-34-32(21-30(47-37)36(44)45)50(2)41(56)51(3)39(34)54)26-9-6-10-27(35(26)43)29-20-24-12-13-31(33(24)38(48-29)58-5)53-17-15-42(22-53)14-16-52(18-19-57-4)40(55)49-42/h6-11,20-21,31,36H,12-19,22H2,1-5H3,(H,46,47)(H,49,55)/t31-,42-/m1/s1. The summed E-state index contributed by atoms with van der Waals surface area (Å²) in [6.45, 7) is 5.26. The number of carbonyl (C=O) groups is 1. The molecule has 304 valence electrons. The molecule has 2 N–H and O–H groups in total. The predicted octanol–water partition coefficient (Wildman–Crippen LogP) is 6.51. The number of alkyl halides is 2. The van der Waals surface area contributed by atoms with E-state index in [0.717, 1.165) is 81.8 Å². The van der Waals surface area contributed by atoms with Crippen LogP contribution in [0.4, 0.5) is 25.1 Å². The first-order valence-electron chi connectivity index (χ1n) is 19.3. The Labute approximate surface area is 338 Å². The number of methoxy groups -OCH3 is 2. The van der Waals surface area contributed by atoms with Crippen molar-refractivity contribution in [1.29, 1.82) is 0 Å². The lowest BCUT2D eigenvalue weighted by Crippen LogP contribution is -2.61. The van der Waals surface area contributed by atoms with Crippen LogP contribution in [0, 0.1) is 6.92 Å². The molecular weight excluding hydrogens is 770 g/mol. The molecule has 58 heavy (non-hydrogen) atoms. The van der Waals surface area contributed by atoms with Gasteiger partial charge in [0, 0.05) is 75.8 Å². The number of rotatable bonds is 10. The van der Waals surface area contributed by atoms with E-state index in [1.54, 1.807) is 26.4 Å². The molecule has 16 heteroatoms. The number of aromatic nitrogens is 4. The molecular formula is C42H45ClF2N8O5. The third kappa shape index (κ3) is 6.78. The van der Waals surface area contributed by atoms with E-state index >= 15 is 0 Å². The molecule has 3 aromatic heterocycles. The number of ether oxygens (including phenoxy) is 2. The van der Waals surface area contributed by atoms with Crippen LogP contribution in [-0.2, 0) is 25.3 Å². The van der Waals surface area contributed by atoms with Crippen LogP contribution < -0.4 is 26.6 Å². The third-order valence-corrected chi connectivity index (χ3v) is 12.5. The summed E-state index contributed by atoms with van der Waals surface area (Å²) < 4.78 is 41.3. The van der Waals surface area contributed by atoms with Crippen LogP contribution in [0.2, 0.25) is 5.02 Å². The number of amides is 2. The van der Waals surface area contributed by atoms with Crippen molar-refractivity contribution < 1.29 is 23.0 Å². The Morgan fingerprint density at radius 2 is 1.74 bits per heavy atom. The Morgan fingerprint density at radius 1 is 1.00 bits per heavy atom. The molecule has 13 nitrogen and oxygen atoms in total. The van der Waals surface area contributed by atoms with Crippen LogP contribution in [-0.4, -0.2) is 87.5 Å².